The molecule has 0 bridgehead atoms. The lowest BCUT2D eigenvalue weighted by molar-refractivity contribution is 0.0633. The van der Waals surface area contributed by atoms with Gasteiger partial charge in [-0.05, 0) is 41.5 Å². The van der Waals surface area contributed by atoms with Crippen molar-refractivity contribution in [1.29, 1.82) is 0 Å². The first-order chi connectivity index (χ1) is 9.62. The molecule has 5 heteroatoms. The zero-order chi connectivity index (χ0) is 15.8. The largest absolute Gasteiger partial charge is 0.377 e. The first-order valence-electron chi connectivity index (χ1n) is 7.75. The van der Waals surface area contributed by atoms with E-state index in [1.165, 1.54) is 11.4 Å². The molecule has 120 valence electrons. The molecule has 5 nitrogen and oxygen atoms in total. The monoisotopic (exact) mass is 294 g/mol. The van der Waals surface area contributed by atoms with Crippen molar-refractivity contribution in [2.24, 2.45) is 7.05 Å². The van der Waals surface area contributed by atoms with E-state index in [1.807, 2.05) is 11.7 Å². The molecule has 1 N–H and O–H groups in total. The summed E-state index contributed by atoms with van der Waals surface area (Å²) in [6.07, 6.45) is 0. The van der Waals surface area contributed by atoms with Crippen LogP contribution in [-0.4, -0.2) is 40.6 Å². The van der Waals surface area contributed by atoms with Gasteiger partial charge in [-0.3, -0.25) is 4.68 Å². The number of aromatic nitrogens is 2. The van der Waals surface area contributed by atoms with Crippen LogP contribution in [0.2, 0.25) is 0 Å². The fraction of sp³-hybridized carbons (Fsp3) is 0.812. The van der Waals surface area contributed by atoms with Crippen LogP contribution in [0, 0.1) is 6.92 Å². The maximum absolute atomic E-state index is 5.65. The standard InChI is InChI=1S/C16H30N4O/c1-12-13(10-17-15(2,3)4)14(19(7)18-12)20-8-9-21-11-16(20,5)6/h17H,8-11H2,1-7H3. The molecule has 0 aromatic carbocycles. The average Bonchev–Trinajstić information content (AvgIpc) is 2.60. The SMILES string of the molecule is Cc1nn(C)c(N2CCOCC2(C)C)c1CNC(C)(C)C. The minimum absolute atomic E-state index is 0.00499. The van der Waals surface area contributed by atoms with Gasteiger partial charge in [0.05, 0.1) is 24.4 Å². The summed E-state index contributed by atoms with van der Waals surface area (Å²) in [5.74, 6) is 1.22. The van der Waals surface area contributed by atoms with Crippen LogP contribution in [0.1, 0.15) is 45.9 Å². The Morgan fingerprint density at radius 1 is 1.33 bits per heavy atom. The number of nitrogens with one attached hydrogen (secondary N) is 1. The Labute approximate surface area is 128 Å². The third-order valence-electron chi connectivity index (χ3n) is 4.01. The Hall–Kier alpha value is -1.07. The molecule has 1 aliphatic rings. The van der Waals surface area contributed by atoms with Crippen LogP contribution in [-0.2, 0) is 18.3 Å². The molecule has 1 aromatic heterocycles. The smallest absolute Gasteiger partial charge is 0.131 e. The zero-order valence-electron chi connectivity index (χ0n) is 14.6. The van der Waals surface area contributed by atoms with E-state index in [-0.39, 0.29) is 11.1 Å². The van der Waals surface area contributed by atoms with Crippen LogP contribution >= 0.6 is 0 Å². The lowest BCUT2D eigenvalue weighted by atomic mass is 10.0. The summed E-state index contributed by atoms with van der Waals surface area (Å²) in [5.41, 5.74) is 2.49. The second-order valence-electron chi connectivity index (χ2n) is 7.63. The highest BCUT2D eigenvalue weighted by Crippen LogP contribution is 2.31. The quantitative estimate of drug-likeness (QED) is 0.928. The third kappa shape index (κ3) is 3.58. The molecule has 0 saturated carbocycles. The normalized spacial score (nSPS) is 19.1. The van der Waals surface area contributed by atoms with Crippen LogP contribution in [0.15, 0.2) is 0 Å². The minimum atomic E-state index is -0.00499. The second-order valence-corrected chi connectivity index (χ2v) is 7.63. The van der Waals surface area contributed by atoms with Crippen LogP contribution in [0.4, 0.5) is 5.82 Å². The Kier molecular flexibility index (Phi) is 4.36. The molecule has 1 fully saturated rings. The van der Waals surface area contributed by atoms with Gasteiger partial charge in [-0.1, -0.05) is 0 Å². The van der Waals surface area contributed by atoms with Crippen molar-refractivity contribution in [3.63, 3.8) is 0 Å². The van der Waals surface area contributed by atoms with E-state index in [4.69, 9.17) is 4.74 Å². The fourth-order valence-corrected chi connectivity index (χ4v) is 2.84. The fourth-order valence-electron chi connectivity index (χ4n) is 2.84. The van der Waals surface area contributed by atoms with Gasteiger partial charge in [0.2, 0.25) is 0 Å². The molecular formula is C16H30N4O. The molecule has 0 amide bonds. The molecule has 0 unspecified atom stereocenters. The summed E-state index contributed by atoms with van der Waals surface area (Å²) in [5, 5.41) is 8.23. The van der Waals surface area contributed by atoms with E-state index in [0.29, 0.717) is 0 Å². The summed E-state index contributed by atoms with van der Waals surface area (Å²) in [6.45, 7) is 16.4. The number of morpholine rings is 1. The molecule has 1 aromatic rings. The Morgan fingerprint density at radius 2 is 2.00 bits per heavy atom. The van der Waals surface area contributed by atoms with Gasteiger partial charge in [0.25, 0.3) is 0 Å². The number of aryl methyl sites for hydroxylation is 2. The van der Waals surface area contributed by atoms with Crippen molar-refractivity contribution < 1.29 is 4.74 Å². The van der Waals surface area contributed by atoms with Crippen molar-refractivity contribution >= 4 is 5.82 Å². The second kappa shape index (κ2) is 5.61. The van der Waals surface area contributed by atoms with E-state index in [9.17, 15) is 0 Å². The van der Waals surface area contributed by atoms with Crippen LogP contribution < -0.4 is 10.2 Å². The molecule has 0 atom stereocenters. The molecule has 2 heterocycles. The van der Waals surface area contributed by atoms with Crippen molar-refractivity contribution in [2.75, 3.05) is 24.7 Å². The highest BCUT2D eigenvalue weighted by atomic mass is 16.5. The van der Waals surface area contributed by atoms with E-state index < -0.39 is 0 Å². The maximum Gasteiger partial charge on any atom is 0.131 e. The van der Waals surface area contributed by atoms with Crippen LogP contribution in [0.3, 0.4) is 0 Å². The Balaban J connectivity index is 2.34. The summed E-state index contributed by atoms with van der Waals surface area (Å²) in [4.78, 5) is 2.44. The molecule has 0 aliphatic carbocycles. The van der Waals surface area contributed by atoms with E-state index >= 15 is 0 Å². The van der Waals surface area contributed by atoms with E-state index in [0.717, 1.165) is 32.0 Å². The topological polar surface area (TPSA) is 42.3 Å². The summed E-state index contributed by atoms with van der Waals surface area (Å²) in [6, 6.07) is 0. The zero-order valence-corrected chi connectivity index (χ0v) is 14.6. The number of hydrogen-bond acceptors (Lipinski definition) is 4. The average molecular weight is 294 g/mol. The first-order valence-corrected chi connectivity index (χ1v) is 7.75. The number of anilines is 1. The minimum Gasteiger partial charge on any atom is -0.377 e. The summed E-state index contributed by atoms with van der Waals surface area (Å²) >= 11 is 0. The predicted molar refractivity (Wildman–Crippen MR) is 86.8 cm³/mol. The number of ether oxygens (including phenoxy) is 1. The van der Waals surface area contributed by atoms with Gasteiger partial charge in [0.15, 0.2) is 0 Å². The lowest BCUT2D eigenvalue weighted by Crippen LogP contribution is -2.54. The van der Waals surface area contributed by atoms with Gasteiger partial charge < -0.3 is 15.0 Å². The summed E-state index contributed by atoms with van der Waals surface area (Å²) < 4.78 is 7.67. The van der Waals surface area contributed by atoms with Crippen LogP contribution in [0.5, 0.6) is 0 Å². The lowest BCUT2D eigenvalue weighted by Gasteiger charge is -2.44. The summed E-state index contributed by atoms with van der Waals surface area (Å²) in [7, 11) is 2.04. The predicted octanol–water partition coefficient (Wildman–Crippen LogP) is 2.23. The van der Waals surface area contributed by atoms with E-state index in [1.54, 1.807) is 0 Å². The number of hydrogen-bond donors (Lipinski definition) is 1. The van der Waals surface area contributed by atoms with Crippen molar-refractivity contribution in [1.82, 2.24) is 15.1 Å². The van der Waals surface area contributed by atoms with Crippen molar-refractivity contribution in [3.05, 3.63) is 11.3 Å². The van der Waals surface area contributed by atoms with Gasteiger partial charge in [0.1, 0.15) is 5.82 Å². The van der Waals surface area contributed by atoms with E-state index in [2.05, 4.69) is 56.9 Å². The first kappa shape index (κ1) is 16.3. The van der Waals surface area contributed by atoms with Gasteiger partial charge in [-0.25, -0.2) is 0 Å². The van der Waals surface area contributed by atoms with Gasteiger partial charge in [-0.2, -0.15) is 5.10 Å². The highest BCUT2D eigenvalue weighted by molar-refractivity contribution is 5.52. The molecule has 0 spiro atoms. The number of nitrogens with zero attached hydrogens (tertiary/aromatic N) is 3. The maximum atomic E-state index is 5.65. The van der Waals surface area contributed by atoms with Crippen molar-refractivity contribution in [3.8, 4) is 0 Å². The molecule has 1 saturated heterocycles. The highest BCUT2D eigenvalue weighted by Gasteiger charge is 2.34. The molecule has 2 rings (SSSR count). The molecule has 1 aliphatic heterocycles. The molecule has 21 heavy (non-hydrogen) atoms. The Morgan fingerprint density at radius 3 is 2.57 bits per heavy atom. The number of rotatable bonds is 3. The van der Waals surface area contributed by atoms with Gasteiger partial charge in [0, 0.05) is 31.2 Å². The van der Waals surface area contributed by atoms with Gasteiger partial charge in [-0.15, -0.1) is 0 Å². The van der Waals surface area contributed by atoms with Crippen LogP contribution in [0.25, 0.3) is 0 Å². The third-order valence-corrected chi connectivity index (χ3v) is 4.01. The molecular weight excluding hydrogens is 264 g/mol. The molecule has 0 radical (unpaired) electrons. The Bertz CT molecular complexity index is 499. The van der Waals surface area contributed by atoms with Crippen molar-refractivity contribution in [2.45, 2.75) is 59.2 Å². The van der Waals surface area contributed by atoms with Gasteiger partial charge >= 0.3 is 0 Å².